The van der Waals surface area contributed by atoms with Gasteiger partial charge in [-0.25, -0.2) is 15.0 Å². The van der Waals surface area contributed by atoms with Crippen LogP contribution in [0.2, 0.25) is 0 Å². The second-order valence-electron chi connectivity index (χ2n) is 8.28. The van der Waals surface area contributed by atoms with Gasteiger partial charge < -0.3 is 14.4 Å². The minimum absolute atomic E-state index is 0.139. The van der Waals surface area contributed by atoms with Gasteiger partial charge >= 0.3 is 0 Å². The van der Waals surface area contributed by atoms with Crippen LogP contribution in [-0.4, -0.2) is 44.4 Å². The van der Waals surface area contributed by atoms with E-state index in [1.54, 1.807) is 37.8 Å². The minimum atomic E-state index is -0.156. The van der Waals surface area contributed by atoms with Crippen molar-refractivity contribution < 1.29 is 14.3 Å². The molecule has 1 fully saturated rings. The van der Waals surface area contributed by atoms with Crippen LogP contribution in [0.3, 0.4) is 0 Å². The summed E-state index contributed by atoms with van der Waals surface area (Å²) in [5.74, 6) is 2.03. The molecule has 176 valence electrons. The number of ether oxygens (including phenoxy) is 2. The lowest BCUT2D eigenvalue weighted by atomic mass is 10.1. The molecule has 0 spiro atoms. The zero-order valence-corrected chi connectivity index (χ0v) is 19.6. The molecule has 1 aliphatic rings. The maximum atomic E-state index is 13.7. The molecule has 35 heavy (non-hydrogen) atoms. The summed E-state index contributed by atoms with van der Waals surface area (Å²) in [5, 5.41) is 0. The van der Waals surface area contributed by atoms with Crippen molar-refractivity contribution in [2.75, 3.05) is 13.7 Å². The van der Waals surface area contributed by atoms with E-state index in [1.165, 1.54) is 0 Å². The van der Waals surface area contributed by atoms with E-state index < -0.39 is 0 Å². The summed E-state index contributed by atoms with van der Waals surface area (Å²) in [5.41, 5.74) is 2.99. The first-order chi connectivity index (χ1) is 17.1. The molecule has 1 aromatic carbocycles. The number of aromatic nitrogens is 4. The average Bonchev–Trinajstić information content (AvgIpc) is 3.40. The predicted molar refractivity (Wildman–Crippen MR) is 130 cm³/mol. The Kier molecular flexibility index (Phi) is 6.34. The van der Waals surface area contributed by atoms with E-state index in [0.717, 1.165) is 35.5 Å². The van der Waals surface area contributed by atoms with Gasteiger partial charge in [0.15, 0.2) is 5.82 Å². The fraction of sp³-hybridized carbons (Fsp3) is 0.222. The van der Waals surface area contributed by atoms with Crippen molar-refractivity contribution in [3.05, 3.63) is 90.1 Å². The number of pyridine rings is 2. The van der Waals surface area contributed by atoms with Crippen LogP contribution in [0.4, 0.5) is 0 Å². The number of amides is 1. The summed E-state index contributed by atoms with van der Waals surface area (Å²) in [4.78, 5) is 33.3. The fourth-order valence-corrected chi connectivity index (χ4v) is 4.17. The predicted octanol–water partition coefficient (Wildman–Crippen LogP) is 5.02. The van der Waals surface area contributed by atoms with Crippen molar-refractivity contribution in [2.24, 2.45) is 0 Å². The maximum absolute atomic E-state index is 13.7. The van der Waals surface area contributed by atoms with E-state index in [4.69, 9.17) is 14.5 Å². The Labute approximate surface area is 203 Å². The lowest BCUT2D eigenvalue weighted by molar-refractivity contribution is 0.0729. The van der Waals surface area contributed by atoms with Gasteiger partial charge in [0.25, 0.3) is 5.91 Å². The molecule has 1 amide bonds. The molecule has 0 aliphatic carbocycles. The smallest absolute Gasteiger partial charge is 0.259 e. The molecule has 0 unspecified atom stereocenters. The summed E-state index contributed by atoms with van der Waals surface area (Å²) in [6.07, 6.45) is 6.69. The Morgan fingerprint density at radius 3 is 2.57 bits per heavy atom. The number of hydrogen-bond donors (Lipinski definition) is 0. The Morgan fingerprint density at radius 1 is 0.971 bits per heavy atom. The number of likely N-dealkylation sites (tertiary alicyclic amines) is 1. The standard InChI is InChI=1S/C27H25N5O3/c1-18-7-10-21(17-30-18)35-26-22(5-3-14-29-26)27(33)32-16-4-6-24(32)23-13-15-28-25(31-23)19-8-11-20(34-2)12-9-19/h3,5,7-15,17,24H,4,6,16H2,1-2H3/t24-/m1/s1. The first-order valence-corrected chi connectivity index (χ1v) is 11.5. The first-order valence-electron chi connectivity index (χ1n) is 11.5. The molecule has 8 nitrogen and oxygen atoms in total. The van der Waals surface area contributed by atoms with Crippen LogP contribution in [-0.2, 0) is 0 Å². The molecule has 1 aliphatic heterocycles. The third kappa shape index (κ3) is 4.82. The Balaban J connectivity index is 1.40. The monoisotopic (exact) mass is 467 g/mol. The SMILES string of the molecule is COc1ccc(-c2nccc([C@H]3CCCN3C(=O)c3cccnc3Oc3ccc(C)nc3)n2)cc1. The zero-order chi connectivity index (χ0) is 24.2. The molecule has 4 heterocycles. The van der Waals surface area contributed by atoms with Crippen molar-refractivity contribution in [3.63, 3.8) is 0 Å². The molecule has 0 N–H and O–H groups in total. The van der Waals surface area contributed by atoms with Crippen molar-refractivity contribution in [1.29, 1.82) is 0 Å². The van der Waals surface area contributed by atoms with Gasteiger partial charge in [-0.2, -0.15) is 0 Å². The Bertz CT molecular complexity index is 1330. The molecular formula is C27H25N5O3. The lowest BCUT2D eigenvalue weighted by Gasteiger charge is -2.25. The molecule has 0 saturated carbocycles. The van der Waals surface area contributed by atoms with Crippen molar-refractivity contribution >= 4 is 5.91 Å². The zero-order valence-electron chi connectivity index (χ0n) is 19.6. The molecule has 8 heteroatoms. The summed E-state index contributed by atoms with van der Waals surface area (Å²) in [6, 6.07) is 16.5. The number of rotatable bonds is 6. The van der Waals surface area contributed by atoms with E-state index in [2.05, 4.69) is 15.0 Å². The number of benzene rings is 1. The number of carbonyl (C=O) groups excluding carboxylic acids is 1. The van der Waals surface area contributed by atoms with Gasteiger partial charge in [-0.1, -0.05) is 0 Å². The van der Waals surface area contributed by atoms with E-state index in [-0.39, 0.29) is 17.8 Å². The number of aryl methyl sites for hydroxylation is 1. The second-order valence-corrected chi connectivity index (χ2v) is 8.28. The number of hydrogen-bond acceptors (Lipinski definition) is 7. The quantitative estimate of drug-likeness (QED) is 0.393. The molecule has 3 aromatic heterocycles. The Hall–Kier alpha value is -4.33. The van der Waals surface area contributed by atoms with Crippen LogP contribution in [0.15, 0.2) is 73.2 Å². The van der Waals surface area contributed by atoms with Crippen LogP contribution in [0.1, 0.15) is 40.6 Å². The van der Waals surface area contributed by atoms with E-state index >= 15 is 0 Å². The molecule has 0 radical (unpaired) electrons. The van der Waals surface area contributed by atoms with Crippen molar-refractivity contribution in [3.8, 4) is 28.8 Å². The highest BCUT2D eigenvalue weighted by atomic mass is 16.5. The molecule has 1 saturated heterocycles. The van der Waals surface area contributed by atoms with Crippen LogP contribution >= 0.6 is 0 Å². The molecule has 1 atom stereocenters. The van der Waals surface area contributed by atoms with E-state index in [1.807, 2.05) is 54.3 Å². The highest BCUT2D eigenvalue weighted by Crippen LogP contribution is 2.34. The van der Waals surface area contributed by atoms with Crippen LogP contribution in [0, 0.1) is 6.92 Å². The summed E-state index contributed by atoms with van der Waals surface area (Å²) in [6.45, 7) is 2.53. The topological polar surface area (TPSA) is 90.3 Å². The van der Waals surface area contributed by atoms with Gasteiger partial charge in [0.2, 0.25) is 5.88 Å². The van der Waals surface area contributed by atoms with Gasteiger partial charge in [-0.15, -0.1) is 0 Å². The summed E-state index contributed by atoms with van der Waals surface area (Å²) in [7, 11) is 1.63. The average molecular weight is 468 g/mol. The third-order valence-corrected chi connectivity index (χ3v) is 5.98. The van der Waals surface area contributed by atoms with Crippen molar-refractivity contribution in [2.45, 2.75) is 25.8 Å². The highest BCUT2D eigenvalue weighted by molar-refractivity contribution is 5.96. The summed E-state index contributed by atoms with van der Waals surface area (Å²) >= 11 is 0. The molecule has 0 bridgehead atoms. The third-order valence-electron chi connectivity index (χ3n) is 5.98. The van der Waals surface area contributed by atoms with Gasteiger partial charge in [-0.3, -0.25) is 9.78 Å². The number of carbonyl (C=O) groups is 1. The van der Waals surface area contributed by atoms with Crippen LogP contribution in [0.5, 0.6) is 17.4 Å². The van der Waals surface area contributed by atoms with Gasteiger partial charge in [0.1, 0.15) is 17.1 Å². The maximum Gasteiger partial charge on any atom is 0.259 e. The highest BCUT2D eigenvalue weighted by Gasteiger charge is 2.33. The van der Waals surface area contributed by atoms with Crippen LogP contribution < -0.4 is 9.47 Å². The lowest BCUT2D eigenvalue weighted by Crippen LogP contribution is -2.31. The minimum Gasteiger partial charge on any atom is -0.497 e. The first kappa shape index (κ1) is 22.5. The number of nitrogens with zero attached hydrogens (tertiary/aromatic N) is 5. The number of methoxy groups -OCH3 is 1. The second kappa shape index (κ2) is 9.89. The van der Waals surface area contributed by atoms with Crippen LogP contribution in [0.25, 0.3) is 11.4 Å². The van der Waals surface area contributed by atoms with E-state index in [9.17, 15) is 4.79 Å². The largest absolute Gasteiger partial charge is 0.497 e. The van der Waals surface area contributed by atoms with Gasteiger partial charge in [-0.05, 0) is 74.4 Å². The van der Waals surface area contributed by atoms with Gasteiger partial charge in [0, 0.05) is 30.2 Å². The normalized spacial score (nSPS) is 15.1. The molecule has 4 aromatic rings. The Morgan fingerprint density at radius 2 is 1.80 bits per heavy atom. The van der Waals surface area contributed by atoms with Crippen molar-refractivity contribution in [1.82, 2.24) is 24.8 Å². The van der Waals surface area contributed by atoms with Gasteiger partial charge in [0.05, 0.1) is 25.0 Å². The fourth-order valence-electron chi connectivity index (χ4n) is 4.17. The molecular weight excluding hydrogens is 442 g/mol. The summed E-state index contributed by atoms with van der Waals surface area (Å²) < 4.78 is 11.2. The van der Waals surface area contributed by atoms with E-state index in [0.29, 0.717) is 23.7 Å². The molecule has 5 rings (SSSR count).